The highest BCUT2D eigenvalue weighted by Gasteiger charge is 2.69. The maximum atomic E-state index is 14.4. The van der Waals surface area contributed by atoms with Gasteiger partial charge in [-0.15, -0.1) is 0 Å². The molecule has 5 aliphatic rings. The van der Waals surface area contributed by atoms with Crippen molar-refractivity contribution in [2.45, 2.75) is 119 Å². The van der Waals surface area contributed by atoms with Crippen molar-refractivity contribution in [3.05, 3.63) is 11.6 Å². The van der Waals surface area contributed by atoms with Crippen molar-refractivity contribution in [2.75, 3.05) is 6.61 Å². The summed E-state index contributed by atoms with van der Waals surface area (Å²) in [5.74, 6) is -1.33. The maximum absolute atomic E-state index is 14.4. The van der Waals surface area contributed by atoms with Gasteiger partial charge < -0.3 is 10.2 Å². The molecule has 40 heavy (non-hydrogen) atoms. The zero-order valence-electron chi connectivity index (χ0n) is 25.7. The molecule has 0 aromatic rings. The Balaban J connectivity index is 1.55. The molecule has 0 spiro atoms. The minimum atomic E-state index is -1.69. The van der Waals surface area contributed by atoms with Crippen molar-refractivity contribution in [3.8, 4) is 0 Å². The molecule has 9 atom stereocenters. The fraction of sp³-hybridized carbons (Fsp3) is 0.848. The van der Waals surface area contributed by atoms with Crippen LogP contribution < -0.4 is 0 Å². The summed E-state index contributed by atoms with van der Waals surface area (Å²) >= 11 is 0. The predicted octanol–water partition coefficient (Wildman–Crippen LogP) is 6.02. The highest BCUT2D eigenvalue weighted by atomic mass is 16.5. The standard InChI is InChI=1S/C33H51NO6/c1-28(2)10-8-11-31(5)24(28)9-12-33(7)25(31)23(36)17-20-21-18-30(4,27(39)34(40)22(19-35)26(37)38)14-13-29(21,3)15-16-32(20,33)6/h17,21-22,24-25,35,40H,8-16,18-19H2,1-7H3,(H,37,38)/t21-,22-,24?,25?,29+,30?,31-,32+,33+/m0/s1. The van der Waals surface area contributed by atoms with Gasteiger partial charge in [0.1, 0.15) is 0 Å². The number of fused-ring (bicyclic) bond motifs is 7. The number of carbonyl (C=O) groups excluding carboxylic acids is 2. The van der Waals surface area contributed by atoms with Crippen LogP contribution in [0.15, 0.2) is 11.6 Å². The fourth-order valence-corrected chi connectivity index (χ4v) is 11.1. The number of carbonyl (C=O) groups is 3. The lowest BCUT2D eigenvalue weighted by Gasteiger charge is -2.70. The van der Waals surface area contributed by atoms with Crippen LogP contribution in [0.25, 0.3) is 0 Å². The lowest BCUT2D eigenvalue weighted by atomic mass is 9.33. The zero-order valence-corrected chi connectivity index (χ0v) is 25.7. The van der Waals surface area contributed by atoms with Crippen LogP contribution in [0.5, 0.6) is 0 Å². The summed E-state index contributed by atoms with van der Waals surface area (Å²) in [5, 5.41) is 29.8. The number of ketones is 1. The number of carboxylic acids is 1. The number of aliphatic hydroxyl groups is 1. The Hall–Kier alpha value is -1.73. The van der Waals surface area contributed by atoms with E-state index in [0.717, 1.165) is 44.9 Å². The second-order valence-electron chi connectivity index (χ2n) is 16.3. The number of hydrogen-bond donors (Lipinski definition) is 3. The third-order valence-electron chi connectivity index (χ3n) is 13.8. The molecular weight excluding hydrogens is 506 g/mol. The first-order valence-corrected chi connectivity index (χ1v) is 15.5. The average Bonchev–Trinajstić information content (AvgIpc) is 2.85. The molecule has 3 N–H and O–H groups in total. The molecular formula is C33H51NO6. The van der Waals surface area contributed by atoms with Gasteiger partial charge in [0.05, 0.1) is 6.61 Å². The first kappa shape index (κ1) is 29.8. The van der Waals surface area contributed by atoms with E-state index in [1.807, 2.05) is 13.0 Å². The molecule has 0 aliphatic heterocycles. The van der Waals surface area contributed by atoms with Gasteiger partial charge in [-0.05, 0) is 103 Å². The first-order chi connectivity index (χ1) is 18.4. The molecule has 0 bridgehead atoms. The van der Waals surface area contributed by atoms with Gasteiger partial charge >= 0.3 is 5.97 Å². The summed E-state index contributed by atoms with van der Waals surface area (Å²) in [5.41, 5.74) is 0.00430. The summed E-state index contributed by atoms with van der Waals surface area (Å²) in [4.78, 5) is 39.6. The molecule has 5 aliphatic carbocycles. The molecule has 5 rings (SSSR count). The van der Waals surface area contributed by atoms with Crippen LogP contribution in [0.4, 0.5) is 0 Å². The second-order valence-corrected chi connectivity index (χ2v) is 16.3. The molecule has 7 heteroatoms. The SMILES string of the molecule is CC1(C(=O)N(O)[C@@H](CO)C(=O)O)CC[C@]2(C)CC[C@]3(C)C(=CC(=O)C4[C@@]5(C)CCCC(C)(C)C5CC[C@]43C)[C@@H]2C1. The van der Waals surface area contributed by atoms with E-state index in [-0.39, 0.29) is 49.8 Å². The van der Waals surface area contributed by atoms with Crippen LogP contribution in [0.1, 0.15) is 113 Å². The van der Waals surface area contributed by atoms with Crippen molar-refractivity contribution in [1.82, 2.24) is 5.06 Å². The van der Waals surface area contributed by atoms with Crippen LogP contribution in [-0.2, 0) is 14.4 Å². The Labute approximate surface area is 239 Å². The van der Waals surface area contributed by atoms with Gasteiger partial charge in [0.25, 0.3) is 5.91 Å². The lowest BCUT2D eigenvalue weighted by molar-refractivity contribution is -0.203. The van der Waals surface area contributed by atoms with Crippen LogP contribution >= 0.6 is 0 Å². The molecule has 0 aromatic carbocycles. The van der Waals surface area contributed by atoms with E-state index in [4.69, 9.17) is 0 Å². The van der Waals surface area contributed by atoms with Gasteiger partial charge in [-0.3, -0.25) is 14.8 Å². The molecule has 224 valence electrons. The largest absolute Gasteiger partial charge is 0.480 e. The monoisotopic (exact) mass is 557 g/mol. The van der Waals surface area contributed by atoms with Gasteiger partial charge in [-0.25, -0.2) is 9.86 Å². The highest BCUT2D eigenvalue weighted by Crippen LogP contribution is 2.75. The minimum Gasteiger partial charge on any atom is -0.480 e. The van der Waals surface area contributed by atoms with E-state index >= 15 is 0 Å². The molecule has 3 unspecified atom stereocenters. The zero-order chi connectivity index (χ0) is 29.7. The molecule has 0 saturated heterocycles. The second kappa shape index (κ2) is 9.13. The lowest BCUT2D eigenvalue weighted by Crippen LogP contribution is -2.65. The number of hydroxylamine groups is 2. The number of aliphatic carboxylic acids is 1. The summed E-state index contributed by atoms with van der Waals surface area (Å²) in [6, 6.07) is -1.69. The Morgan fingerprint density at radius 1 is 0.975 bits per heavy atom. The third kappa shape index (κ3) is 3.85. The maximum Gasteiger partial charge on any atom is 0.331 e. The van der Waals surface area contributed by atoms with Crippen molar-refractivity contribution in [3.63, 3.8) is 0 Å². The van der Waals surface area contributed by atoms with Gasteiger partial charge in [0.2, 0.25) is 0 Å². The van der Waals surface area contributed by atoms with E-state index in [9.17, 15) is 29.8 Å². The van der Waals surface area contributed by atoms with Gasteiger partial charge in [0.15, 0.2) is 11.8 Å². The molecule has 0 radical (unpaired) electrons. The molecule has 4 fully saturated rings. The Morgan fingerprint density at radius 3 is 2.25 bits per heavy atom. The summed E-state index contributed by atoms with van der Waals surface area (Å²) in [6.45, 7) is 15.2. The molecule has 0 aromatic heterocycles. The number of amides is 1. The molecule has 7 nitrogen and oxygen atoms in total. The third-order valence-corrected chi connectivity index (χ3v) is 13.8. The van der Waals surface area contributed by atoms with E-state index in [2.05, 4.69) is 41.5 Å². The van der Waals surface area contributed by atoms with Gasteiger partial charge in [-0.2, -0.15) is 0 Å². The van der Waals surface area contributed by atoms with E-state index in [1.165, 1.54) is 12.0 Å². The Morgan fingerprint density at radius 2 is 1.62 bits per heavy atom. The fourth-order valence-electron chi connectivity index (χ4n) is 11.1. The smallest absolute Gasteiger partial charge is 0.331 e. The topological polar surface area (TPSA) is 115 Å². The van der Waals surface area contributed by atoms with E-state index in [0.29, 0.717) is 18.8 Å². The highest BCUT2D eigenvalue weighted by molar-refractivity contribution is 5.96. The van der Waals surface area contributed by atoms with E-state index in [1.54, 1.807) is 0 Å². The number of carboxylic acid groups (broad SMARTS) is 1. The van der Waals surface area contributed by atoms with Crippen LogP contribution in [0, 0.1) is 50.2 Å². The molecule has 0 heterocycles. The van der Waals surface area contributed by atoms with Crippen molar-refractivity contribution < 1.29 is 29.8 Å². The van der Waals surface area contributed by atoms with Crippen molar-refractivity contribution in [1.29, 1.82) is 0 Å². The summed E-state index contributed by atoms with van der Waals surface area (Å²) in [7, 11) is 0. The average molecular weight is 558 g/mol. The number of rotatable bonds is 4. The Bertz CT molecular complexity index is 1150. The number of aliphatic hydroxyl groups excluding tert-OH is 1. The number of nitrogens with zero attached hydrogens (tertiary/aromatic N) is 1. The predicted molar refractivity (Wildman–Crippen MR) is 151 cm³/mol. The summed E-state index contributed by atoms with van der Waals surface area (Å²) < 4.78 is 0. The van der Waals surface area contributed by atoms with Crippen molar-refractivity contribution >= 4 is 17.7 Å². The number of hydrogen-bond acceptors (Lipinski definition) is 5. The quantitative estimate of drug-likeness (QED) is 0.288. The van der Waals surface area contributed by atoms with Crippen molar-refractivity contribution in [2.24, 2.45) is 50.2 Å². The Kier molecular flexibility index (Phi) is 6.79. The molecule has 4 saturated carbocycles. The van der Waals surface area contributed by atoms with Gasteiger partial charge in [-0.1, -0.05) is 60.5 Å². The van der Waals surface area contributed by atoms with Crippen LogP contribution in [-0.4, -0.2) is 50.8 Å². The van der Waals surface area contributed by atoms with Crippen LogP contribution in [0.3, 0.4) is 0 Å². The summed E-state index contributed by atoms with van der Waals surface area (Å²) in [6.07, 6.45) is 11.4. The first-order valence-electron chi connectivity index (χ1n) is 15.5. The normalized spacial score (nSPS) is 46.6. The molecule has 1 amide bonds. The van der Waals surface area contributed by atoms with Gasteiger partial charge in [0, 0.05) is 11.3 Å². The van der Waals surface area contributed by atoms with Crippen LogP contribution in [0.2, 0.25) is 0 Å². The number of allylic oxidation sites excluding steroid dienone is 2. The van der Waals surface area contributed by atoms with E-state index < -0.39 is 29.9 Å². The minimum absolute atomic E-state index is 0.00481.